The molecule has 1 fully saturated rings. The molecule has 1 aliphatic carbocycles. The van der Waals surface area contributed by atoms with E-state index in [0.29, 0.717) is 12.8 Å². The molecule has 78 valence electrons. The van der Waals surface area contributed by atoms with E-state index in [1.54, 1.807) is 0 Å². The lowest BCUT2D eigenvalue weighted by Gasteiger charge is -2.08. The number of Topliss-reactive ketones (excluding diaryl/α,β-unsaturated/α-hetero) is 1. The van der Waals surface area contributed by atoms with Gasteiger partial charge in [-0.15, -0.1) is 0 Å². The van der Waals surface area contributed by atoms with Crippen LogP contribution in [0.3, 0.4) is 0 Å². The number of carbonyl (C=O) groups excluding carboxylic acids is 1. The summed E-state index contributed by atoms with van der Waals surface area (Å²) in [6, 6.07) is 9.39. The molecule has 1 saturated carbocycles. The summed E-state index contributed by atoms with van der Waals surface area (Å²) in [4.78, 5) is 22.5. The molecule has 0 aliphatic heterocycles. The van der Waals surface area contributed by atoms with E-state index in [1.807, 2.05) is 30.3 Å². The lowest BCUT2D eigenvalue weighted by molar-refractivity contribution is -0.145. The van der Waals surface area contributed by atoms with E-state index in [0.717, 1.165) is 5.56 Å². The van der Waals surface area contributed by atoms with E-state index in [4.69, 9.17) is 5.11 Å². The second kappa shape index (κ2) is 3.85. The quantitative estimate of drug-likeness (QED) is 0.748. The zero-order valence-corrected chi connectivity index (χ0v) is 8.22. The minimum atomic E-state index is -0.988. The minimum absolute atomic E-state index is 0.145. The molecule has 15 heavy (non-hydrogen) atoms. The van der Waals surface area contributed by atoms with Crippen LogP contribution in [0.4, 0.5) is 0 Å². The minimum Gasteiger partial charge on any atom is -0.481 e. The number of carbonyl (C=O) groups is 2. The van der Waals surface area contributed by atoms with Crippen molar-refractivity contribution in [2.24, 2.45) is 5.92 Å². The topological polar surface area (TPSA) is 54.4 Å². The smallest absolute Gasteiger partial charge is 0.314 e. The molecule has 1 aromatic rings. The van der Waals surface area contributed by atoms with E-state index in [-0.39, 0.29) is 11.7 Å². The first-order chi connectivity index (χ1) is 7.20. The highest BCUT2D eigenvalue weighted by Crippen LogP contribution is 2.34. The van der Waals surface area contributed by atoms with Crippen molar-refractivity contribution in [2.75, 3.05) is 0 Å². The lowest BCUT2D eigenvalue weighted by atomic mass is 9.95. The average molecular weight is 204 g/mol. The Kier molecular flexibility index (Phi) is 2.54. The molecule has 3 nitrogen and oxygen atoms in total. The molecule has 0 amide bonds. The highest BCUT2D eigenvalue weighted by atomic mass is 16.4. The van der Waals surface area contributed by atoms with Crippen molar-refractivity contribution in [3.63, 3.8) is 0 Å². The van der Waals surface area contributed by atoms with E-state index < -0.39 is 11.9 Å². The number of benzene rings is 1. The van der Waals surface area contributed by atoms with E-state index in [2.05, 4.69) is 0 Å². The van der Waals surface area contributed by atoms with Crippen LogP contribution < -0.4 is 0 Å². The van der Waals surface area contributed by atoms with E-state index in [9.17, 15) is 9.59 Å². The summed E-state index contributed by atoms with van der Waals surface area (Å²) in [6.45, 7) is 0. The van der Waals surface area contributed by atoms with Gasteiger partial charge in [-0.05, 0) is 18.4 Å². The third-order valence-electron chi connectivity index (χ3n) is 2.93. The van der Waals surface area contributed by atoms with Crippen LogP contribution in [0.15, 0.2) is 30.3 Å². The van der Waals surface area contributed by atoms with Gasteiger partial charge in [-0.1, -0.05) is 30.3 Å². The Balaban J connectivity index is 2.21. The van der Waals surface area contributed by atoms with Gasteiger partial charge in [0.2, 0.25) is 0 Å². The molecule has 2 rings (SSSR count). The molecule has 2 atom stereocenters. The predicted molar refractivity (Wildman–Crippen MR) is 54.5 cm³/mol. The van der Waals surface area contributed by atoms with E-state index in [1.165, 1.54) is 0 Å². The molecular weight excluding hydrogens is 192 g/mol. The first kappa shape index (κ1) is 9.90. The number of carboxylic acid groups (broad SMARTS) is 1. The molecule has 0 bridgehead atoms. The maximum absolute atomic E-state index is 11.8. The zero-order valence-electron chi connectivity index (χ0n) is 8.22. The van der Waals surface area contributed by atoms with Crippen molar-refractivity contribution < 1.29 is 14.7 Å². The molecule has 0 spiro atoms. The van der Waals surface area contributed by atoms with Gasteiger partial charge in [0.25, 0.3) is 0 Å². The number of carboxylic acids is 1. The van der Waals surface area contributed by atoms with Gasteiger partial charge in [-0.25, -0.2) is 0 Å². The van der Waals surface area contributed by atoms with Gasteiger partial charge in [-0.2, -0.15) is 0 Å². The van der Waals surface area contributed by atoms with Gasteiger partial charge in [0.15, 0.2) is 5.78 Å². The fourth-order valence-corrected chi connectivity index (χ4v) is 2.12. The Morgan fingerprint density at radius 1 is 1.20 bits per heavy atom. The maximum atomic E-state index is 11.8. The third-order valence-corrected chi connectivity index (χ3v) is 2.93. The molecule has 0 heterocycles. The number of aliphatic carboxylic acids is 1. The van der Waals surface area contributed by atoms with Crippen LogP contribution in [0.1, 0.15) is 24.3 Å². The van der Waals surface area contributed by atoms with Crippen molar-refractivity contribution in [3.05, 3.63) is 35.9 Å². The monoisotopic (exact) mass is 204 g/mol. The van der Waals surface area contributed by atoms with Crippen molar-refractivity contribution in [3.8, 4) is 0 Å². The molecule has 0 aromatic heterocycles. The van der Waals surface area contributed by atoms with Gasteiger partial charge >= 0.3 is 5.97 Å². The van der Waals surface area contributed by atoms with Crippen LogP contribution in [0.5, 0.6) is 0 Å². The Morgan fingerprint density at radius 2 is 1.87 bits per heavy atom. The molecule has 0 radical (unpaired) electrons. The Morgan fingerprint density at radius 3 is 2.40 bits per heavy atom. The van der Waals surface area contributed by atoms with Gasteiger partial charge in [0.05, 0.1) is 0 Å². The fourth-order valence-electron chi connectivity index (χ4n) is 2.12. The zero-order chi connectivity index (χ0) is 10.8. The SMILES string of the molecule is O=C(O)C1CCC(c2ccccc2)C1=O. The normalized spacial score (nSPS) is 25.5. The first-order valence-corrected chi connectivity index (χ1v) is 5.01. The van der Waals surface area contributed by atoms with Gasteiger partial charge < -0.3 is 5.11 Å². The summed E-state index contributed by atoms with van der Waals surface area (Å²) >= 11 is 0. The summed E-state index contributed by atoms with van der Waals surface area (Å²) in [6.07, 6.45) is 1.12. The van der Waals surface area contributed by atoms with Crippen molar-refractivity contribution >= 4 is 11.8 Å². The fraction of sp³-hybridized carbons (Fsp3) is 0.333. The summed E-state index contributed by atoms with van der Waals surface area (Å²) in [5.41, 5.74) is 0.936. The van der Waals surface area contributed by atoms with Crippen LogP contribution in [-0.4, -0.2) is 16.9 Å². The molecule has 3 heteroatoms. The van der Waals surface area contributed by atoms with Crippen molar-refractivity contribution in [1.29, 1.82) is 0 Å². The van der Waals surface area contributed by atoms with Crippen molar-refractivity contribution in [2.45, 2.75) is 18.8 Å². The van der Waals surface area contributed by atoms with E-state index >= 15 is 0 Å². The molecule has 1 aliphatic rings. The second-order valence-electron chi connectivity index (χ2n) is 3.83. The largest absolute Gasteiger partial charge is 0.481 e. The Labute approximate surface area is 87.7 Å². The lowest BCUT2D eigenvalue weighted by Crippen LogP contribution is -2.20. The summed E-state index contributed by atoms with van der Waals surface area (Å²) in [5.74, 6) is -2.14. The van der Waals surface area contributed by atoms with Crippen LogP contribution in [0.25, 0.3) is 0 Å². The third kappa shape index (κ3) is 1.77. The summed E-state index contributed by atoms with van der Waals surface area (Å²) in [7, 11) is 0. The van der Waals surface area contributed by atoms with Gasteiger partial charge in [0, 0.05) is 5.92 Å². The second-order valence-corrected chi connectivity index (χ2v) is 3.83. The molecule has 0 saturated heterocycles. The van der Waals surface area contributed by atoms with Crippen LogP contribution in [0.2, 0.25) is 0 Å². The maximum Gasteiger partial charge on any atom is 0.314 e. The molecular formula is C12H12O3. The number of rotatable bonds is 2. The summed E-state index contributed by atoms with van der Waals surface area (Å²) < 4.78 is 0. The van der Waals surface area contributed by atoms with Crippen LogP contribution in [0, 0.1) is 5.92 Å². The highest BCUT2D eigenvalue weighted by molar-refractivity contribution is 6.03. The number of ketones is 1. The van der Waals surface area contributed by atoms with Gasteiger partial charge in [-0.3, -0.25) is 9.59 Å². The average Bonchev–Trinajstić information content (AvgIpc) is 2.61. The summed E-state index contributed by atoms with van der Waals surface area (Å²) in [5, 5.41) is 8.83. The first-order valence-electron chi connectivity index (χ1n) is 5.01. The Bertz CT molecular complexity index is 383. The standard InChI is InChI=1S/C12H12O3/c13-11-9(6-7-10(11)12(14)15)8-4-2-1-3-5-8/h1-5,9-10H,6-7H2,(H,14,15). The molecule has 1 aromatic carbocycles. The van der Waals surface area contributed by atoms with Crippen LogP contribution in [-0.2, 0) is 9.59 Å². The Hall–Kier alpha value is -1.64. The highest BCUT2D eigenvalue weighted by Gasteiger charge is 2.39. The molecule has 2 unspecified atom stereocenters. The van der Waals surface area contributed by atoms with Crippen molar-refractivity contribution in [1.82, 2.24) is 0 Å². The van der Waals surface area contributed by atoms with Gasteiger partial charge in [0.1, 0.15) is 5.92 Å². The number of hydrogen-bond acceptors (Lipinski definition) is 2. The number of hydrogen-bond donors (Lipinski definition) is 1. The van der Waals surface area contributed by atoms with Crippen LogP contribution >= 0.6 is 0 Å². The molecule has 1 N–H and O–H groups in total. The predicted octanol–water partition coefficient (Wildman–Crippen LogP) is 1.83.